The Kier molecular flexibility index (Phi) is 6.97. The lowest BCUT2D eigenvalue weighted by molar-refractivity contribution is -0.137. The van der Waals surface area contributed by atoms with Gasteiger partial charge in [-0.05, 0) is 45.6 Å². The van der Waals surface area contributed by atoms with E-state index in [0.717, 1.165) is 50.3 Å². The minimum atomic E-state index is 0.147. The number of hydrogen-bond donors (Lipinski definition) is 0. The van der Waals surface area contributed by atoms with E-state index in [9.17, 15) is 9.59 Å². The lowest BCUT2D eigenvalue weighted by atomic mass is 10.0. The monoisotopic (exact) mass is 387 g/mol. The SMILES string of the molecule is CCC(CC)C(=O)N1CCN(CC(=O)c2cc(C)n(C3CCCC3)c2C)CC1. The molecule has 1 aromatic heterocycles. The maximum absolute atomic E-state index is 13.0. The van der Waals surface area contributed by atoms with Gasteiger partial charge in [0.05, 0.1) is 6.54 Å². The first-order chi connectivity index (χ1) is 13.5. The van der Waals surface area contributed by atoms with E-state index >= 15 is 0 Å². The average molecular weight is 388 g/mol. The number of nitrogens with zero attached hydrogens (tertiary/aromatic N) is 3. The molecule has 3 rings (SSSR count). The van der Waals surface area contributed by atoms with Crippen molar-refractivity contribution < 1.29 is 9.59 Å². The number of amides is 1. The van der Waals surface area contributed by atoms with Crippen LogP contribution in [-0.4, -0.2) is 58.8 Å². The predicted octanol–water partition coefficient (Wildman–Crippen LogP) is 3.98. The first kappa shape index (κ1) is 21.1. The highest BCUT2D eigenvalue weighted by Gasteiger charge is 2.28. The highest BCUT2D eigenvalue weighted by Crippen LogP contribution is 2.33. The van der Waals surface area contributed by atoms with E-state index in [1.165, 1.54) is 31.4 Å². The van der Waals surface area contributed by atoms with Gasteiger partial charge in [0.1, 0.15) is 0 Å². The third-order valence-electron chi connectivity index (χ3n) is 6.86. The zero-order valence-electron chi connectivity index (χ0n) is 18.2. The summed E-state index contributed by atoms with van der Waals surface area (Å²) < 4.78 is 2.40. The number of carbonyl (C=O) groups excluding carboxylic acids is 2. The summed E-state index contributed by atoms with van der Waals surface area (Å²) in [6.07, 6.45) is 6.87. The number of carbonyl (C=O) groups is 2. The molecule has 1 aliphatic carbocycles. The van der Waals surface area contributed by atoms with Crippen molar-refractivity contribution in [2.45, 2.75) is 72.3 Å². The molecule has 5 heteroatoms. The topological polar surface area (TPSA) is 45.6 Å². The maximum Gasteiger partial charge on any atom is 0.225 e. The quantitative estimate of drug-likeness (QED) is 0.665. The lowest BCUT2D eigenvalue weighted by Crippen LogP contribution is -2.51. The first-order valence-electron chi connectivity index (χ1n) is 11.2. The highest BCUT2D eigenvalue weighted by atomic mass is 16.2. The fourth-order valence-corrected chi connectivity index (χ4v) is 5.09. The molecule has 0 atom stereocenters. The fraction of sp³-hybridized carbons (Fsp3) is 0.739. The first-order valence-corrected chi connectivity index (χ1v) is 11.2. The van der Waals surface area contributed by atoms with Crippen molar-refractivity contribution in [3.8, 4) is 0 Å². The van der Waals surface area contributed by atoms with Crippen molar-refractivity contribution in [1.82, 2.24) is 14.4 Å². The summed E-state index contributed by atoms with van der Waals surface area (Å²) in [6, 6.07) is 2.66. The van der Waals surface area contributed by atoms with Crippen LogP contribution in [0, 0.1) is 19.8 Å². The second-order valence-electron chi connectivity index (χ2n) is 8.63. The number of aromatic nitrogens is 1. The van der Waals surface area contributed by atoms with Gasteiger partial charge in [-0.15, -0.1) is 0 Å². The van der Waals surface area contributed by atoms with Crippen molar-refractivity contribution in [1.29, 1.82) is 0 Å². The molecule has 0 radical (unpaired) electrons. The van der Waals surface area contributed by atoms with Crippen LogP contribution in [0.5, 0.6) is 0 Å². The molecule has 0 aromatic carbocycles. The van der Waals surface area contributed by atoms with Gasteiger partial charge in [0, 0.05) is 55.1 Å². The number of rotatable bonds is 7. The molecule has 1 aromatic rings. The van der Waals surface area contributed by atoms with Crippen LogP contribution in [0.2, 0.25) is 0 Å². The van der Waals surface area contributed by atoms with Gasteiger partial charge >= 0.3 is 0 Å². The highest BCUT2D eigenvalue weighted by molar-refractivity contribution is 5.99. The van der Waals surface area contributed by atoms with Crippen LogP contribution in [0.3, 0.4) is 0 Å². The van der Waals surface area contributed by atoms with Crippen LogP contribution in [-0.2, 0) is 4.79 Å². The molecule has 1 aliphatic heterocycles. The minimum absolute atomic E-state index is 0.147. The molecule has 1 saturated heterocycles. The molecule has 5 nitrogen and oxygen atoms in total. The number of piperazine rings is 1. The molecular formula is C23H37N3O2. The van der Waals surface area contributed by atoms with E-state index in [4.69, 9.17) is 0 Å². The van der Waals surface area contributed by atoms with Gasteiger partial charge in [0.2, 0.25) is 5.91 Å². The van der Waals surface area contributed by atoms with Crippen LogP contribution >= 0.6 is 0 Å². The fourth-order valence-electron chi connectivity index (χ4n) is 5.09. The Balaban J connectivity index is 1.58. The summed E-state index contributed by atoms with van der Waals surface area (Å²) in [7, 11) is 0. The molecule has 2 heterocycles. The molecule has 156 valence electrons. The van der Waals surface area contributed by atoms with Crippen molar-refractivity contribution in [2.75, 3.05) is 32.7 Å². The zero-order valence-corrected chi connectivity index (χ0v) is 18.2. The Morgan fingerprint density at radius 3 is 2.21 bits per heavy atom. The molecule has 2 fully saturated rings. The molecule has 2 aliphatic rings. The molecule has 28 heavy (non-hydrogen) atoms. The van der Waals surface area contributed by atoms with Gasteiger partial charge in [0.25, 0.3) is 0 Å². The summed E-state index contributed by atoms with van der Waals surface area (Å²) in [5.74, 6) is 0.655. The number of Topliss-reactive ketones (excluding diaryl/α,β-unsaturated/α-hetero) is 1. The van der Waals surface area contributed by atoms with Crippen LogP contribution in [0.25, 0.3) is 0 Å². The largest absolute Gasteiger partial charge is 0.345 e. The Hall–Kier alpha value is -1.62. The molecular weight excluding hydrogens is 350 g/mol. The molecule has 0 N–H and O–H groups in total. The van der Waals surface area contributed by atoms with Gasteiger partial charge in [-0.3, -0.25) is 14.5 Å². The van der Waals surface area contributed by atoms with Crippen molar-refractivity contribution in [3.05, 3.63) is 23.0 Å². The third kappa shape index (κ3) is 4.35. The summed E-state index contributed by atoms with van der Waals surface area (Å²) >= 11 is 0. The van der Waals surface area contributed by atoms with Gasteiger partial charge < -0.3 is 9.47 Å². The van der Waals surface area contributed by atoms with E-state index in [-0.39, 0.29) is 17.6 Å². The van der Waals surface area contributed by atoms with Gasteiger partial charge in [0.15, 0.2) is 5.78 Å². The van der Waals surface area contributed by atoms with Crippen LogP contribution in [0.1, 0.15) is 80.2 Å². The van der Waals surface area contributed by atoms with Gasteiger partial charge in [-0.1, -0.05) is 26.7 Å². The summed E-state index contributed by atoms with van der Waals surface area (Å²) in [6.45, 7) is 11.9. The van der Waals surface area contributed by atoms with E-state index in [1.807, 2.05) is 4.90 Å². The van der Waals surface area contributed by atoms with Crippen LogP contribution in [0.4, 0.5) is 0 Å². The molecule has 0 bridgehead atoms. The average Bonchev–Trinajstić information content (AvgIpc) is 3.31. The summed E-state index contributed by atoms with van der Waals surface area (Å²) in [4.78, 5) is 29.8. The second-order valence-corrected chi connectivity index (χ2v) is 8.63. The summed E-state index contributed by atoms with van der Waals surface area (Å²) in [5.41, 5.74) is 3.24. The number of aryl methyl sites for hydroxylation is 1. The Bertz CT molecular complexity index is 691. The van der Waals surface area contributed by atoms with Crippen molar-refractivity contribution in [3.63, 3.8) is 0 Å². The Morgan fingerprint density at radius 2 is 1.64 bits per heavy atom. The Labute approximate surface area is 170 Å². The second kappa shape index (κ2) is 9.25. The molecule has 1 amide bonds. The number of hydrogen-bond acceptors (Lipinski definition) is 3. The van der Waals surface area contributed by atoms with Crippen molar-refractivity contribution >= 4 is 11.7 Å². The predicted molar refractivity (Wildman–Crippen MR) is 113 cm³/mol. The number of ketones is 1. The van der Waals surface area contributed by atoms with E-state index in [2.05, 4.69) is 43.2 Å². The van der Waals surface area contributed by atoms with E-state index in [1.54, 1.807) is 0 Å². The minimum Gasteiger partial charge on any atom is -0.345 e. The lowest BCUT2D eigenvalue weighted by Gasteiger charge is -2.36. The molecule has 0 unspecified atom stereocenters. The van der Waals surface area contributed by atoms with Crippen molar-refractivity contribution in [2.24, 2.45) is 5.92 Å². The molecule has 1 saturated carbocycles. The van der Waals surface area contributed by atoms with Gasteiger partial charge in [-0.2, -0.15) is 0 Å². The van der Waals surface area contributed by atoms with Gasteiger partial charge in [-0.25, -0.2) is 0 Å². The Morgan fingerprint density at radius 1 is 1.04 bits per heavy atom. The normalized spacial score (nSPS) is 19.0. The smallest absolute Gasteiger partial charge is 0.225 e. The summed E-state index contributed by atoms with van der Waals surface area (Å²) in [5, 5.41) is 0. The van der Waals surface area contributed by atoms with E-state index in [0.29, 0.717) is 12.6 Å². The maximum atomic E-state index is 13.0. The van der Waals surface area contributed by atoms with E-state index < -0.39 is 0 Å². The van der Waals surface area contributed by atoms with Crippen LogP contribution in [0.15, 0.2) is 6.07 Å². The molecule has 0 spiro atoms. The standard InChI is InChI=1S/C23H37N3O2/c1-5-19(6-2)23(28)25-13-11-24(12-14-25)16-22(27)21-15-17(3)26(18(21)4)20-9-7-8-10-20/h15,19-20H,5-14,16H2,1-4H3. The van der Waals surface area contributed by atoms with Crippen LogP contribution < -0.4 is 0 Å². The zero-order chi connectivity index (χ0) is 20.3. The third-order valence-corrected chi connectivity index (χ3v) is 6.86.